The van der Waals surface area contributed by atoms with Crippen LogP contribution in [0, 0.1) is 12.7 Å². The van der Waals surface area contributed by atoms with Gasteiger partial charge >= 0.3 is 6.03 Å². The van der Waals surface area contributed by atoms with Crippen molar-refractivity contribution >= 4 is 17.4 Å². The summed E-state index contributed by atoms with van der Waals surface area (Å²) in [5.41, 5.74) is 0.565. The molecule has 0 spiro atoms. The molecule has 1 saturated carbocycles. The lowest BCUT2D eigenvalue weighted by molar-refractivity contribution is 0.174. The van der Waals surface area contributed by atoms with Gasteiger partial charge in [0, 0.05) is 35.6 Å². The first-order chi connectivity index (χ1) is 11.6. The number of hydrogen-bond acceptors (Lipinski definition) is 3. The van der Waals surface area contributed by atoms with Crippen LogP contribution in [0.4, 0.5) is 9.18 Å². The fraction of sp³-hybridized carbons (Fsp3) is 0.444. The maximum absolute atomic E-state index is 14.1. The molecule has 1 heterocycles. The molecule has 4 nitrogen and oxygen atoms in total. The lowest BCUT2D eigenvalue weighted by Gasteiger charge is -2.30. The lowest BCUT2D eigenvalue weighted by Crippen LogP contribution is -2.43. The average molecular weight is 347 g/mol. The van der Waals surface area contributed by atoms with Crippen molar-refractivity contribution in [1.82, 2.24) is 15.2 Å². The van der Waals surface area contributed by atoms with Crippen molar-refractivity contribution in [2.45, 2.75) is 45.2 Å². The molecule has 1 aliphatic rings. The Morgan fingerprint density at radius 3 is 2.83 bits per heavy atom. The highest BCUT2D eigenvalue weighted by Crippen LogP contribution is 2.35. The molecule has 0 radical (unpaired) electrons. The van der Waals surface area contributed by atoms with Crippen molar-refractivity contribution in [2.24, 2.45) is 0 Å². The van der Waals surface area contributed by atoms with Crippen LogP contribution < -0.4 is 5.32 Å². The number of aryl methyl sites for hydroxylation is 1. The van der Waals surface area contributed by atoms with Gasteiger partial charge in [-0.3, -0.25) is 0 Å². The van der Waals surface area contributed by atoms with Crippen LogP contribution in [-0.4, -0.2) is 28.5 Å². The second kappa shape index (κ2) is 7.30. The zero-order valence-electron chi connectivity index (χ0n) is 14.0. The molecule has 1 fully saturated rings. The van der Waals surface area contributed by atoms with E-state index >= 15 is 0 Å². The Bertz CT molecular complexity index is 714. The van der Waals surface area contributed by atoms with Gasteiger partial charge in [0.1, 0.15) is 5.82 Å². The molecule has 128 valence electrons. The number of carbonyl (C=O) groups is 1. The third-order valence-electron chi connectivity index (χ3n) is 4.23. The Balaban J connectivity index is 1.62. The summed E-state index contributed by atoms with van der Waals surface area (Å²) in [5, 5.41) is 3.98. The number of nitrogens with one attached hydrogen (secondary N) is 1. The van der Waals surface area contributed by atoms with Crippen LogP contribution in [0.2, 0.25) is 0 Å². The molecule has 1 aromatic carbocycles. The van der Waals surface area contributed by atoms with E-state index in [9.17, 15) is 9.18 Å². The topological polar surface area (TPSA) is 45.2 Å². The summed E-state index contributed by atoms with van der Waals surface area (Å²) in [6, 6.07) is 6.48. The zero-order valence-corrected chi connectivity index (χ0v) is 14.8. The molecule has 0 unspecified atom stereocenters. The molecule has 6 heteroatoms. The van der Waals surface area contributed by atoms with Crippen molar-refractivity contribution in [2.75, 3.05) is 6.54 Å². The standard InChI is InChI=1S/C18H22FN3OS/c1-12-11-21-17(24-12)9-10-20-18(23)22(14-7-8-14)13(2)15-5-3-4-6-16(15)19/h3-6,11,13-14H,7-10H2,1-2H3,(H,20,23)/t13-/m0/s1. The number of benzene rings is 1. The van der Waals surface area contributed by atoms with E-state index in [4.69, 9.17) is 0 Å². The molecule has 2 amide bonds. The molecule has 0 saturated heterocycles. The predicted molar refractivity (Wildman–Crippen MR) is 93.6 cm³/mol. The minimum absolute atomic E-state index is 0.124. The van der Waals surface area contributed by atoms with Gasteiger partial charge in [0.2, 0.25) is 0 Å². The second-order valence-corrected chi connectivity index (χ2v) is 7.50. The van der Waals surface area contributed by atoms with E-state index in [1.165, 1.54) is 10.9 Å². The summed E-state index contributed by atoms with van der Waals surface area (Å²) >= 11 is 1.65. The van der Waals surface area contributed by atoms with E-state index in [1.807, 2.05) is 26.1 Å². The summed E-state index contributed by atoms with van der Waals surface area (Å²) in [7, 11) is 0. The Kier molecular flexibility index (Phi) is 5.14. The monoisotopic (exact) mass is 347 g/mol. The van der Waals surface area contributed by atoms with Crippen LogP contribution >= 0.6 is 11.3 Å². The third-order valence-corrected chi connectivity index (χ3v) is 5.20. The first kappa shape index (κ1) is 16.9. The molecule has 3 rings (SSSR count). The molecule has 24 heavy (non-hydrogen) atoms. The molecule has 0 bridgehead atoms. The van der Waals surface area contributed by atoms with Crippen LogP contribution in [0.1, 0.15) is 41.3 Å². The van der Waals surface area contributed by atoms with Crippen LogP contribution in [0.5, 0.6) is 0 Å². The number of thiazole rings is 1. The molecule has 1 atom stereocenters. The van der Waals surface area contributed by atoms with E-state index in [0.717, 1.165) is 24.3 Å². The van der Waals surface area contributed by atoms with Gasteiger partial charge in [0.05, 0.1) is 11.0 Å². The van der Waals surface area contributed by atoms with Crippen molar-refractivity contribution in [3.8, 4) is 0 Å². The van der Waals surface area contributed by atoms with Crippen molar-refractivity contribution < 1.29 is 9.18 Å². The van der Waals surface area contributed by atoms with E-state index < -0.39 is 0 Å². The predicted octanol–water partition coefficient (Wildman–Crippen LogP) is 4.07. The summed E-state index contributed by atoms with van der Waals surface area (Å²) in [4.78, 5) is 19.9. The van der Waals surface area contributed by atoms with Crippen molar-refractivity contribution in [3.05, 3.63) is 51.7 Å². The Labute approximate surface area is 145 Å². The highest BCUT2D eigenvalue weighted by Gasteiger charge is 2.36. The normalized spacial score (nSPS) is 15.1. The number of amides is 2. The maximum Gasteiger partial charge on any atom is 0.318 e. The Hall–Kier alpha value is -1.95. The fourth-order valence-corrected chi connectivity index (χ4v) is 3.65. The number of hydrogen-bond donors (Lipinski definition) is 1. The Morgan fingerprint density at radius 2 is 2.21 bits per heavy atom. The van der Waals surface area contributed by atoms with E-state index in [2.05, 4.69) is 10.3 Å². The van der Waals surface area contributed by atoms with Gasteiger partial charge in [-0.2, -0.15) is 0 Å². The molecular weight excluding hydrogens is 325 g/mol. The summed E-state index contributed by atoms with van der Waals surface area (Å²) in [6.45, 7) is 4.45. The highest BCUT2D eigenvalue weighted by molar-refractivity contribution is 7.11. The third kappa shape index (κ3) is 3.93. The number of aromatic nitrogens is 1. The van der Waals surface area contributed by atoms with Gasteiger partial charge in [0.15, 0.2) is 0 Å². The van der Waals surface area contributed by atoms with Gasteiger partial charge in [-0.05, 0) is 32.8 Å². The van der Waals surface area contributed by atoms with Gasteiger partial charge < -0.3 is 10.2 Å². The molecule has 0 aliphatic heterocycles. The number of urea groups is 1. The lowest BCUT2D eigenvalue weighted by atomic mass is 10.1. The molecular formula is C18H22FN3OS. The number of nitrogens with zero attached hydrogens (tertiary/aromatic N) is 2. The van der Waals surface area contributed by atoms with Gasteiger partial charge in [-0.25, -0.2) is 14.2 Å². The van der Waals surface area contributed by atoms with E-state index in [0.29, 0.717) is 12.1 Å². The first-order valence-corrected chi connectivity index (χ1v) is 9.10. The largest absolute Gasteiger partial charge is 0.338 e. The van der Waals surface area contributed by atoms with Crippen LogP contribution in [0.15, 0.2) is 30.5 Å². The average Bonchev–Trinajstić information content (AvgIpc) is 3.29. The maximum atomic E-state index is 14.1. The summed E-state index contributed by atoms with van der Waals surface area (Å²) < 4.78 is 14.1. The number of carbonyl (C=O) groups excluding carboxylic acids is 1. The Morgan fingerprint density at radius 1 is 1.46 bits per heavy atom. The van der Waals surface area contributed by atoms with Gasteiger partial charge in [0.25, 0.3) is 0 Å². The van der Waals surface area contributed by atoms with Crippen LogP contribution in [0.3, 0.4) is 0 Å². The highest BCUT2D eigenvalue weighted by atomic mass is 32.1. The molecule has 1 aliphatic carbocycles. The first-order valence-electron chi connectivity index (χ1n) is 8.28. The van der Waals surface area contributed by atoms with Crippen molar-refractivity contribution in [1.29, 1.82) is 0 Å². The summed E-state index contributed by atoms with van der Waals surface area (Å²) in [6.07, 6.45) is 4.53. The smallest absolute Gasteiger partial charge is 0.318 e. The quantitative estimate of drug-likeness (QED) is 0.856. The van der Waals surface area contributed by atoms with E-state index in [1.54, 1.807) is 28.4 Å². The van der Waals surface area contributed by atoms with E-state index in [-0.39, 0.29) is 23.9 Å². The number of rotatable bonds is 6. The van der Waals surface area contributed by atoms with Gasteiger partial charge in [-0.15, -0.1) is 11.3 Å². The molecule has 1 aromatic heterocycles. The fourth-order valence-electron chi connectivity index (χ4n) is 2.86. The molecule has 2 aromatic rings. The van der Waals surface area contributed by atoms with Gasteiger partial charge in [-0.1, -0.05) is 18.2 Å². The van der Waals surface area contributed by atoms with Crippen molar-refractivity contribution in [3.63, 3.8) is 0 Å². The minimum Gasteiger partial charge on any atom is -0.338 e. The second-order valence-electron chi connectivity index (χ2n) is 6.18. The summed E-state index contributed by atoms with van der Waals surface area (Å²) in [5.74, 6) is -0.262. The van der Waals surface area contributed by atoms with Crippen LogP contribution in [0.25, 0.3) is 0 Å². The van der Waals surface area contributed by atoms with Crippen LogP contribution in [-0.2, 0) is 6.42 Å². The number of halogens is 1. The zero-order chi connectivity index (χ0) is 17.1. The minimum atomic E-state index is -0.277. The SMILES string of the molecule is Cc1cnc(CCNC(=O)N(C2CC2)[C@@H](C)c2ccccc2F)s1. The molecule has 1 N–H and O–H groups in total.